The molecule has 1 amide bonds. The number of para-hydroxylation sites is 1. The van der Waals surface area contributed by atoms with Crippen LogP contribution in [0.4, 0.5) is 0 Å². The van der Waals surface area contributed by atoms with Gasteiger partial charge in [-0.15, -0.1) is 0 Å². The molecule has 1 N–H and O–H groups in total. The second-order valence-corrected chi connectivity index (χ2v) is 5.99. The molecule has 0 atom stereocenters. The van der Waals surface area contributed by atoms with Gasteiger partial charge in [-0.25, -0.2) is 4.79 Å². The van der Waals surface area contributed by atoms with Crippen LogP contribution in [0.3, 0.4) is 0 Å². The smallest absolute Gasteiger partial charge is 0.337 e. The zero-order valence-electron chi connectivity index (χ0n) is 12.8. The molecular formula is C18H14BrNO4. The van der Waals surface area contributed by atoms with Crippen LogP contribution < -0.4 is 5.32 Å². The van der Waals surface area contributed by atoms with Gasteiger partial charge in [-0.05, 0) is 45.8 Å². The first kappa shape index (κ1) is 16.3. The number of rotatable bonds is 4. The molecule has 0 unspecified atom stereocenters. The molecule has 6 heteroatoms. The lowest BCUT2D eigenvalue weighted by Crippen LogP contribution is -2.22. The Morgan fingerprint density at radius 3 is 2.58 bits per heavy atom. The number of halogens is 1. The van der Waals surface area contributed by atoms with Gasteiger partial charge in [0, 0.05) is 11.9 Å². The van der Waals surface area contributed by atoms with Crippen molar-refractivity contribution in [2.75, 3.05) is 7.11 Å². The number of hydrogen-bond donors (Lipinski definition) is 1. The number of methoxy groups -OCH3 is 1. The van der Waals surface area contributed by atoms with Crippen molar-refractivity contribution in [3.05, 3.63) is 69.9 Å². The number of carbonyl (C=O) groups excluding carboxylic acids is 2. The van der Waals surface area contributed by atoms with E-state index >= 15 is 0 Å². The Hall–Kier alpha value is -2.60. The van der Waals surface area contributed by atoms with Gasteiger partial charge in [0.25, 0.3) is 5.91 Å². The third kappa shape index (κ3) is 3.33. The number of ether oxygens (including phenoxy) is 1. The van der Waals surface area contributed by atoms with Gasteiger partial charge in [-0.2, -0.15) is 0 Å². The van der Waals surface area contributed by atoms with Crippen molar-refractivity contribution >= 4 is 38.8 Å². The van der Waals surface area contributed by atoms with Crippen molar-refractivity contribution in [3.8, 4) is 0 Å². The predicted molar refractivity (Wildman–Crippen MR) is 92.9 cm³/mol. The Labute approximate surface area is 146 Å². The third-order valence-corrected chi connectivity index (χ3v) is 4.17. The number of fused-ring (bicyclic) bond motifs is 1. The van der Waals surface area contributed by atoms with Gasteiger partial charge in [-0.1, -0.05) is 24.3 Å². The molecule has 0 aliphatic carbocycles. The summed E-state index contributed by atoms with van der Waals surface area (Å²) in [6.07, 6.45) is 0. The summed E-state index contributed by atoms with van der Waals surface area (Å²) in [4.78, 5) is 23.6. The number of hydrogen-bond acceptors (Lipinski definition) is 4. The van der Waals surface area contributed by atoms with Crippen LogP contribution in [0.5, 0.6) is 0 Å². The lowest BCUT2D eigenvalue weighted by atomic mass is 10.1. The molecule has 1 aromatic heterocycles. The quantitative estimate of drug-likeness (QED) is 0.689. The van der Waals surface area contributed by atoms with E-state index in [4.69, 9.17) is 4.42 Å². The molecule has 0 radical (unpaired) electrons. The van der Waals surface area contributed by atoms with Gasteiger partial charge < -0.3 is 14.5 Å². The van der Waals surface area contributed by atoms with Crippen molar-refractivity contribution < 1.29 is 18.7 Å². The molecule has 3 rings (SSSR count). The van der Waals surface area contributed by atoms with Crippen LogP contribution in [0.1, 0.15) is 26.5 Å². The summed E-state index contributed by atoms with van der Waals surface area (Å²) in [5.74, 6) is -0.434. The van der Waals surface area contributed by atoms with E-state index in [1.807, 2.05) is 18.2 Å². The monoisotopic (exact) mass is 387 g/mol. The van der Waals surface area contributed by atoms with Crippen molar-refractivity contribution in [3.63, 3.8) is 0 Å². The van der Waals surface area contributed by atoms with E-state index in [1.54, 1.807) is 30.3 Å². The number of esters is 1. The second kappa shape index (κ2) is 6.88. The van der Waals surface area contributed by atoms with E-state index in [1.165, 1.54) is 7.11 Å². The van der Waals surface area contributed by atoms with Gasteiger partial charge in [0.1, 0.15) is 5.58 Å². The van der Waals surface area contributed by atoms with Crippen molar-refractivity contribution in [2.24, 2.45) is 0 Å². The molecule has 122 valence electrons. The summed E-state index contributed by atoms with van der Waals surface area (Å²) < 4.78 is 11.0. The van der Waals surface area contributed by atoms with Crippen molar-refractivity contribution in [1.82, 2.24) is 5.32 Å². The molecule has 24 heavy (non-hydrogen) atoms. The topological polar surface area (TPSA) is 68.5 Å². The fourth-order valence-electron chi connectivity index (χ4n) is 2.29. The van der Waals surface area contributed by atoms with Crippen LogP contribution >= 0.6 is 15.9 Å². The molecule has 0 bridgehead atoms. The number of carbonyl (C=O) groups is 2. The number of nitrogens with one attached hydrogen (secondary N) is 1. The molecule has 0 aliphatic rings. The molecule has 0 fully saturated rings. The zero-order chi connectivity index (χ0) is 17.1. The summed E-state index contributed by atoms with van der Waals surface area (Å²) in [6.45, 7) is 0.332. The minimum absolute atomic E-state index is 0.253. The maximum Gasteiger partial charge on any atom is 0.337 e. The van der Waals surface area contributed by atoms with E-state index in [-0.39, 0.29) is 11.7 Å². The second-order valence-electron chi connectivity index (χ2n) is 5.14. The van der Waals surface area contributed by atoms with E-state index in [0.717, 1.165) is 15.4 Å². The lowest BCUT2D eigenvalue weighted by Gasteiger charge is -2.04. The summed E-state index contributed by atoms with van der Waals surface area (Å²) >= 11 is 3.40. The summed E-state index contributed by atoms with van der Waals surface area (Å²) in [6, 6.07) is 14.2. The highest BCUT2D eigenvalue weighted by Crippen LogP contribution is 2.26. The molecule has 3 aromatic rings. The predicted octanol–water partition coefficient (Wildman–Crippen LogP) is 3.91. The van der Waals surface area contributed by atoms with Crippen LogP contribution in [-0.2, 0) is 11.3 Å². The van der Waals surface area contributed by atoms with Crippen molar-refractivity contribution in [1.29, 1.82) is 0 Å². The van der Waals surface area contributed by atoms with Crippen LogP contribution in [0.2, 0.25) is 0 Å². The number of benzene rings is 2. The number of furan rings is 1. The van der Waals surface area contributed by atoms with Crippen molar-refractivity contribution in [2.45, 2.75) is 6.54 Å². The highest BCUT2D eigenvalue weighted by atomic mass is 79.9. The molecule has 5 nitrogen and oxygen atoms in total. The summed E-state index contributed by atoms with van der Waals surface area (Å²) in [5.41, 5.74) is 1.98. The minimum Gasteiger partial charge on any atom is -0.465 e. The molecule has 0 saturated carbocycles. The van der Waals surface area contributed by atoms with E-state index < -0.39 is 5.97 Å². The highest BCUT2D eigenvalue weighted by molar-refractivity contribution is 9.10. The van der Waals surface area contributed by atoms with E-state index in [0.29, 0.717) is 17.7 Å². The minimum atomic E-state index is -0.390. The van der Waals surface area contributed by atoms with Crippen LogP contribution in [0.15, 0.2) is 57.4 Å². The first-order valence-corrected chi connectivity index (χ1v) is 8.01. The van der Waals surface area contributed by atoms with Gasteiger partial charge in [0.05, 0.1) is 17.1 Å². The van der Waals surface area contributed by atoms with Gasteiger partial charge >= 0.3 is 5.97 Å². The highest BCUT2D eigenvalue weighted by Gasteiger charge is 2.13. The fraction of sp³-hybridized carbons (Fsp3) is 0.111. The lowest BCUT2D eigenvalue weighted by molar-refractivity contribution is 0.0600. The number of amides is 1. The normalized spacial score (nSPS) is 10.6. The fourth-order valence-corrected chi connectivity index (χ4v) is 2.75. The largest absolute Gasteiger partial charge is 0.465 e. The molecule has 0 aliphatic heterocycles. The maximum absolute atomic E-state index is 12.2. The average molecular weight is 388 g/mol. The Morgan fingerprint density at radius 2 is 1.92 bits per heavy atom. The first-order chi connectivity index (χ1) is 11.6. The van der Waals surface area contributed by atoms with Crippen LogP contribution in [-0.4, -0.2) is 19.0 Å². The first-order valence-electron chi connectivity index (χ1n) is 7.22. The van der Waals surface area contributed by atoms with Gasteiger partial charge in [-0.3, -0.25) is 4.79 Å². The summed E-state index contributed by atoms with van der Waals surface area (Å²) in [5, 5.41) is 3.65. The molecular weight excluding hydrogens is 374 g/mol. The van der Waals surface area contributed by atoms with E-state index in [9.17, 15) is 9.59 Å². The Bertz CT molecular complexity index is 899. The van der Waals surface area contributed by atoms with Crippen LogP contribution in [0, 0.1) is 0 Å². The molecule has 2 aromatic carbocycles. The summed E-state index contributed by atoms with van der Waals surface area (Å²) in [7, 11) is 1.34. The third-order valence-electron chi connectivity index (χ3n) is 3.55. The molecule has 0 saturated heterocycles. The van der Waals surface area contributed by atoms with Gasteiger partial charge in [0.2, 0.25) is 0 Å². The Kier molecular flexibility index (Phi) is 4.66. The SMILES string of the molecule is COC(=O)c1ccc(CNC(=O)c2cc3cccc(Br)c3o2)cc1. The Balaban J connectivity index is 1.68. The maximum atomic E-state index is 12.2. The average Bonchev–Trinajstić information content (AvgIpc) is 3.05. The standard InChI is InChI=1S/C18H14BrNO4/c1-23-18(22)12-7-5-11(6-8-12)10-20-17(21)15-9-13-3-2-4-14(19)16(13)24-15/h2-9H,10H2,1H3,(H,20,21). The Morgan fingerprint density at radius 1 is 1.17 bits per heavy atom. The van der Waals surface area contributed by atoms with E-state index in [2.05, 4.69) is 26.0 Å². The van der Waals surface area contributed by atoms with Crippen LogP contribution in [0.25, 0.3) is 11.0 Å². The van der Waals surface area contributed by atoms with Gasteiger partial charge in [0.15, 0.2) is 5.76 Å². The zero-order valence-corrected chi connectivity index (χ0v) is 14.4. The molecule has 0 spiro atoms. The molecule has 1 heterocycles.